The van der Waals surface area contributed by atoms with Gasteiger partial charge in [0.2, 0.25) is 5.91 Å². The highest BCUT2D eigenvalue weighted by atomic mass is 35.5. The van der Waals surface area contributed by atoms with E-state index in [1.54, 1.807) is 42.6 Å². The van der Waals surface area contributed by atoms with Gasteiger partial charge in [-0.15, -0.1) is 0 Å². The van der Waals surface area contributed by atoms with Gasteiger partial charge in [-0.3, -0.25) is 9.59 Å². The van der Waals surface area contributed by atoms with E-state index >= 15 is 0 Å². The first-order chi connectivity index (χ1) is 22.7. The van der Waals surface area contributed by atoms with Crippen molar-refractivity contribution in [3.05, 3.63) is 113 Å². The molecule has 2 amide bonds. The monoisotopic (exact) mass is 655 g/mol. The molecule has 0 unspecified atom stereocenters. The van der Waals surface area contributed by atoms with Crippen molar-refractivity contribution in [1.82, 2.24) is 20.2 Å². The normalized spacial score (nSPS) is 16.2. The highest BCUT2D eigenvalue weighted by Gasteiger charge is 2.23. The number of halogens is 2. The van der Waals surface area contributed by atoms with Crippen molar-refractivity contribution in [3.63, 3.8) is 0 Å². The molecule has 2 aromatic heterocycles. The molecule has 2 heterocycles. The van der Waals surface area contributed by atoms with E-state index < -0.39 is 0 Å². The average molecular weight is 656 g/mol. The second-order valence-electron chi connectivity index (χ2n) is 11.8. The predicted molar refractivity (Wildman–Crippen MR) is 186 cm³/mol. The van der Waals surface area contributed by atoms with Crippen molar-refractivity contribution >= 4 is 40.7 Å². The molecule has 0 saturated heterocycles. The summed E-state index contributed by atoms with van der Waals surface area (Å²) in [5, 5.41) is 13.2. The molecule has 4 aromatic rings. The first kappa shape index (κ1) is 33.6. The minimum Gasteiger partial charge on any atom is -0.367 e. The molecule has 0 atom stereocenters. The van der Waals surface area contributed by atoms with Gasteiger partial charge >= 0.3 is 0 Å². The quantitative estimate of drug-likeness (QED) is 0.125. The van der Waals surface area contributed by atoms with Gasteiger partial charge in [0.05, 0.1) is 10.7 Å². The molecular formula is C36H39ClFN7O2. The van der Waals surface area contributed by atoms with Crippen LogP contribution in [-0.4, -0.2) is 59.4 Å². The first-order valence-electron chi connectivity index (χ1n) is 15.6. The van der Waals surface area contributed by atoms with Crippen LogP contribution < -0.4 is 21.3 Å². The predicted octanol–water partition coefficient (Wildman–Crippen LogP) is 6.76. The van der Waals surface area contributed by atoms with Crippen molar-refractivity contribution in [3.8, 4) is 11.3 Å². The Morgan fingerprint density at radius 2 is 1.70 bits per heavy atom. The zero-order valence-corrected chi connectivity index (χ0v) is 27.2. The number of hydrogen-bond acceptors (Lipinski definition) is 7. The number of carbonyl (C=O) groups excluding carboxylic acids is 2. The lowest BCUT2D eigenvalue weighted by Crippen LogP contribution is -2.40. The van der Waals surface area contributed by atoms with Crippen LogP contribution >= 0.6 is 11.6 Å². The van der Waals surface area contributed by atoms with Gasteiger partial charge in [-0.1, -0.05) is 35.9 Å². The number of benzene rings is 2. The van der Waals surface area contributed by atoms with Crippen molar-refractivity contribution in [2.75, 3.05) is 36.6 Å². The van der Waals surface area contributed by atoms with Gasteiger partial charge < -0.3 is 26.2 Å². The zero-order chi connectivity index (χ0) is 33.2. The minimum atomic E-state index is -0.275. The van der Waals surface area contributed by atoms with E-state index in [1.165, 1.54) is 18.2 Å². The Morgan fingerprint density at radius 3 is 2.45 bits per heavy atom. The molecule has 4 N–H and O–H groups in total. The fourth-order valence-corrected chi connectivity index (χ4v) is 5.56. The van der Waals surface area contributed by atoms with E-state index in [2.05, 4.69) is 26.3 Å². The summed E-state index contributed by atoms with van der Waals surface area (Å²) in [5.41, 5.74) is 3.45. The minimum absolute atomic E-state index is 0.0716. The lowest BCUT2D eigenvalue weighted by molar-refractivity contribution is -0.111. The second-order valence-corrected chi connectivity index (χ2v) is 12.2. The summed E-state index contributed by atoms with van der Waals surface area (Å²) >= 11 is 6.54. The Balaban J connectivity index is 1.10. The summed E-state index contributed by atoms with van der Waals surface area (Å²) < 4.78 is 13.5. The van der Waals surface area contributed by atoms with Crippen LogP contribution in [0.5, 0.6) is 0 Å². The number of hydrogen-bond donors (Lipinski definition) is 4. The van der Waals surface area contributed by atoms with Crippen molar-refractivity contribution in [1.29, 1.82) is 0 Å². The van der Waals surface area contributed by atoms with E-state index in [4.69, 9.17) is 16.6 Å². The Hall–Kier alpha value is -4.80. The summed E-state index contributed by atoms with van der Waals surface area (Å²) in [7, 11) is 3.86. The fourth-order valence-electron chi connectivity index (χ4n) is 5.36. The second kappa shape index (κ2) is 16.2. The number of anilines is 3. The molecule has 244 valence electrons. The van der Waals surface area contributed by atoms with Crippen LogP contribution in [0.15, 0.2) is 91.1 Å². The largest absolute Gasteiger partial charge is 0.367 e. The van der Waals surface area contributed by atoms with Gasteiger partial charge in [0, 0.05) is 54.3 Å². The van der Waals surface area contributed by atoms with Crippen LogP contribution in [0.2, 0.25) is 5.02 Å². The molecule has 1 aliphatic carbocycles. The summed E-state index contributed by atoms with van der Waals surface area (Å²) in [6, 6.07) is 21.2. The number of rotatable bonds is 12. The summed E-state index contributed by atoms with van der Waals surface area (Å²) in [4.78, 5) is 36.1. The number of nitrogens with zero attached hydrogens (tertiary/aromatic N) is 3. The van der Waals surface area contributed by atoms with E-state index in [9.17, 15) is 14.0 Å². The third kappa shape index (κ3) is 10.1. The molecule has 1 fully saturated rings. The van der Waals surface area contributed by atoms with Crippen LogP contribution in [0.4, 0.5) is 21.7 Å². The Kier molecular flexibility index (Phi) is 11.5. The van der Waals surface area contributed by atoms with Crippen LogP contribution in [0.25, 0.3) is 11.3 Å². The van der Waals surface area contributed by atoms with Gasteiger partial charge in [-0.05, 0) is 99.9 Å². The third-order valence-electron chi connectivity index (χ3n) is 7.81. The molecule has 0 aliphatic heterocycles. The fraction of sp³-hybridized carbons (Fsp3) is 0.278. The van der Waals surface area contributed by atoms with Crippen LogP contribution in [0, 0.1) is 5.82 Å². The maximum atomic E-state index is 13.5. The average Bonchev–Trinajstić information content (AvgIpc) is 3.06. The summed E-state index contributed by atoms with van der Waals surface area (Å²) in [6.07, 6.45) is 8.32. The topological polar surface area (TPSA) is 111 Å². The Labute approximate surface area is 279 Å². The van der Waals surface area contributed by atoms with Crippen molar-refractivity contribution < 1.29 is 14.0 Å². The highest BCUT2D eigenvalue weighted by molar-refractivity contribution is 6.33. The van der Waals surface area contributed by atoms with E-state index in [-0.39, 0.29) is 29.7 Å². The van der Waals surface area contributed by atoms with Gasteiger partial charge in [0.15, 0.2) is 0 Å². The van der Waals surface area contributed by atoms with Gasteiger partial charge in [0.25, 0.3) is 5.91 Å². The molecule has 1 aliphatic rings. The molecule has 5 rings (SSSR count). The lowest BCUT2D eigenvalue weighted by atomic mass is 9.91. The van der Waals surface area contributed by atoms with E-state index in [1.807, 2.05) is 49.3 Å². The number of amides is 2. The van der Waals surface area contributed by atoms with Gasteiger partial charge in [0.1, 0.15) is 17.5 Å². The van der Waals surface area contributed by atoms with Gasteiger partial charge in [-0.25, -0.2) is 14.4 Å². The Morgan fingerprint density at radius 1 is 0.957 bits per heavy atom. The maximum absolute atomic E-state index is 13.5. The molecule has 1 saturated carbocycles. The molecule has 0 radical (unpaired) electrons. The molecule has 11 heteroatoms. The SMILES string of the molecule is CN(C)C/C=C/C(=O)Nc1ccc(C(=O)NC2CCC(Nc3cc(-c4cccc(NCc5cccc(F)c5)n4)c(Cl)cn3)CC2)cc1. The van der Waals surface area contributed by atoms with Crippen LogP contribution in [0.1, 0.15) is 41.6 Å². The smallest absolute Gasteiger partial charge is 0.251 e. The first-order valence-corrected chi connectivity index (χ1v) is 16.0. The highest BCUT2D eigenvalue weighted by Crippen LogP contribution is 2.30. The zero-order valence-electron chi connectivity index (χ0n) is 26.5. The Bertz CT molecular complexity index is 1710. The number of carbonyl (C=O) groups is 2. The molecule has 0 bridgehead atoms. The van der Waals surface area contributed by atoms with Crippen LogP contribution in [-0.2, 0) is 11.3 Å². The van der Waals surface area contributed by atoms with Gasteiger partial charge in [-0.2, -0.15) is 0 Å². The van der Waals surface area contributed by atoms with Crippen molar-refractivity contribution in [2.45, 2.75) is 44.3 Å². The van der Waals surface area contributed by atoms with Crippen LogP contribution in [0.3, 0.4) is 0 Å². The number of aromatic nitrogens is 2. The number of pyridine rings is 2. The standard InChI is InChI=1S/C36H39ClFN7O2/c1-45(2)19-5-10-35(46)42-28-13-11-25(12-14-28)36(47)43-29-17-15-27(16-18-29)41-34-21-30(31(37)23-40-34)32-8-4-9-33(44-32)39-22-24-6-3-7-26(38)20-24/h3-14,20-21,23,27,29H,15-19,22H2,1-2H3,(H,39,44)(H,40,41)(H,42,46)(H,43,47)/b10-5+. The van der Waals surface area contributed by atoms with E-state index in [0.717, 1.165) is 36.8 Å². The third-order valence-corrected chi connectivity index (χ3v) is 8.11. The molecule has 9 nitrogen and oxygen atoms in total. The summed E-state index contributed by atoms with van der Waals surface area (Å²) in [6.45, 7) is 1.12. The lowest BCUT2D eigenvalue weighted by Gasteiger charge is -2.30. The maximum Gasteiger partial charge on any atom is 0.251 e. The van der Waals surface area contributed by atoms with Crippen molar-refractivity contribution in [2.24, 2.45) is 0 Å². The molecule has 2 aromatic carbocycles. The summed E-state index contributed by atoms with van der Waals surface area (Å²) in [5.74, 6) is 0.742. The molecular weight excluding hydrogens is 617 g/mol. The number of nitrogens with one attached hydrogen (secondary N) is 4. The van der Waals surface area contributed by atoms with E-state index in [0.29, 0.717) is 46.7 Å². The molecule has 0 spiro atoms. The molecule has 47 heavy (non-hydrogen) atoms. The number of likely N-dealkylation sites (N-methyl/N-ethyl adjacent to an activating group) is 1.